The molecule has 0 atom stereocenters. The average Bonchev–Trinajstić information content (AvgIpc) is 3.28. The lowest BCUT2D eigenvalue weighted by Gasteiger charge is -2.32. The Kier molecular flexibility index (Phi) is 7.10. The molecule has 1 radical (unpaired) electrons. The van der Waals surface area contributed by atoms with Gasteiger partial charge in [-0.15, -0.1) is 0 Å². The van der Waals surface area contributed by atoms with Crippen LogP contribution in [0.25, 0.3) is 11.3 Å². The van der Waals surface area contributed by atoms with E-state index in [1.807, 2.05) is 12.1 Å². The molecule has 0 aliphatic carbocycles. The molecule has 1 fully saturated rings. The molecule has 2 N–H and O–H groups in total. The normalized spacial score (nSPS) is 15.2. The first kappa shape index (κ1) is 23.0. The molecule has 1 aliphatic rings. The van der Waals surface area contributed by atoms with Gasteiger partial charge in [-0.05, 0) is 42.7 Å². The van der Waals surface area contributed by atoms with Crippen molar-refractivity contribution in [2.45, 2.75) is 25.4 Å². The lowest BCUT2D eigenvalue weighted by atomic mass is 10.0. The minimum atomic E-state index is -2.84. The van der Waals surface area contributed by atoms with Crippen LogP contribution in [0.15, 0.2) is 59.3 Å². The van der Waals surface area contributed by atoms with Gasteiger partial charge in [0.2, 0.25) is 13.9 Å². The zero-order chi connectivity index (χ0) is 23.3. The number of hydrogen-bond donors (Lipinski definition) is 2. The molecule has 0 unspecified atom stereocenters. The van der Waals surface area contributed by atoms with Gasteiger partial charge in [0.1, 0.15) is 0 Å². The number of benzene rings is 2. The van der Waals surface area contributed by atoms with Crippen LogP contribution in [0.3, 0.4) is 0 Å². The summed E-state index contributed by atoms with van der Waals surface area (Å²) in [6, 6.07) is 13.1. The van der Waals surface area contributed by atoms with E-state index < -0.39 is 12.9 Å². The second-order valence-electron chi connectivity index (χ2n) is 7.54. The molecular formula is C22H23N3O7P. The molecule has 173 valence electrons. The van der Waals surface area contributed by atoms with Gasteiger partial charge in [0.25, 0.3) is 5.69 Å². The standard InChI is InChI=1S/C22H23N3O7P/c26-21(24-19-7-2-16(3-8-19)15-33(29)30-12-1-13-31-33)11-6-18-14-23-32-22(18)17-4-9-20(10-5-17)25(27)28/h2-5,7-10,14,29H,1,6,11-13,15H2,(H,24,26). The van der Waals surface area contributed by atoms with Crippen molar-refractivity contribution in [2.75, 3.05) is 18.5 Å². The first-order chi connectivity index (χ1) is 15.9. The van der Waals surface area contributed by atoms with E-state index in [-0.39, 0.29) is 18.0 Å². The minimum absolute atomic E-state index is 0.0139. The van der Waals surface area contributed by atoms with Crippen molar-refractivity contribution in [1.29, 1.82) is 0 Å². The summed E-state index contributed by atoms with van der Waals surface area (Å²) >= 11 is 0. The summed E-state index contributed by atoms with van der Waals surface area (Å²) < 4.78 is 16.1. The van der Waals surface area contributed by atoms with Crippen molar-refractivity contribution in [3.05, 3.63) is 76.0 Å². The third kappa shape index (κ3) is 6.00. The maximum Gasteiger partial charge on any atom is 0.269 e. The number of carbonyl (C=O) groups is 1. The Labute approximate surface area is 190 Å². The predicted molar refractivity (Wildman–Crippen MR) is 121 cm³/mol. The van der Waals surface area contributed by atoms with Gasteiger partial charge in [0, 0.05) is 35.4 Å². The van der Waals surface area contributed by atoms with E-state index in [2.05, 4.69) is 10.5 Å². The number of rotatable bonds is 8. The summed E-state index contributed by atoms with van der Waals surface area (Å²) in [5.74, 6) is 0.305. The van der Waals surface area contributed by atoms with E-state index in [1.54, 1.807) is 30.5 Å². The number of nitro benzene ring substituents is 1. The van der Waals surface area contributed by atoms with Crippen molar-refractivity contribution in [1.82, 2.24) is 5.16 Å². The number of amides is 1. The lowest BCUT2D eigenvalue weighted by Crippen LogP contribution is -2.14. The summed E-state index contributed by atoms with van der Waals surface area (Å²) in [6.07, 6.45) is 3.22. The fourth-order valence-corrected chi connectivity index (χ4v) is 5.17. The molecule has 0 bridgehead atoms. The van der Waals surface area contributed by atoms with Crippen molar-refractivity contribution >= 4 is 25.2 Å². The summed E-state index contributed by atoms with van der Waals surface area (Å²) in [5.41, 5.74) is 2.88. The molecule has 4 rings (SSSR count). The molecule has 10 nitrogen and oxygen atoms in total. The van der Waals surface area contributed by atoms with Crippen LogP contribution in [-0.4, -0.2) is 34.1 Å². The Bertz CT molecular complexity index is 1110. The number of nitrogens with zero attached hydrogens (tertiary/aromatic N) is 2. The summed E-state index contributed by atoms with van der Waals surface area (Å²) in [7, 11) is -2.84. The first-order valence-electron chi connectivity index (χ1n) is 10.4. The van der Waals surface area contributed by atoms with Crippen LogP contribution in [-0.2, 0) is 26.4 Å². The van der Waals surface area contributed by atoms with Crippen LogP contribution < -0.4 is 5.32 Å². The number of non-ortho nitro benzene ring substituents is 1. The van der Waals surface area contributed by atoms with E-state index in [9.17, 15) is 19.8 Å². The molecule has 11 heteroatoms. The fraction of sp³-hybridized carbons (Fsp3) is 0.273. The van der Waals surface area contributed by atoms with E-state index in [4.69, 9.17) is 13.6 Å². The molecule has 2 aromatic carbocycles. The smallest absolute Gasteiger partial charge is 0.269 e. The van der Waals surface area contributed by atoms with Crippen LogP contribution in [0.2, 0.25) is 0 Å². The SMILES string of the molecule is O=C(CCc1cnoc1-c1ccc([N+](=O)[O-])cc1)Nc1ccc(C[P]2(O)OCCCO2)cc1. The Balaban J connectivity index is 1.31. The van der Waals surface area contributed by atoms with Gasteiger partial charge in [-0.1, -0.05) is 17.3 Å². The second kappa shape index (κ2) is 10.2. The van der Waals surface area contributed by atoms with Crippen LogP contribution >= 0.6 is 7.94 Å². The molecule has 1 aromatic heterocycles. The molecule has 1 aliphatic heterocycles. The molecule has 1 saturated heterocycles. The van der Waals surface area contributed by atoms with E-state index in [1.165, 1.54) is 12.1 Å². The van der Waals surface area contributed by atoms with Crippen LogP contribution in [0.4, 0.5) is 11.4 Å². The number of nitro groups is 1. The number of anilines is 1. The summed E-state index contributed by atoms with van der Waals surface area (Å²) in [6.45, 7) is 0.993. The zero-order valence-corrected chi connectivity index (χ0v) is 18.6. The highest BCUT2D eigenvalue weighted by Gasteiger charge is 2.30. The number of aryl methyl sites for hydroxylation is 1. The third-order valence-electron chi connectivity index (χ3n) is 5.10. The number of hydrogen-bond acceptors (Lipinski definition) is 8. The second-order valence-corrected chi connectivity index (χ2v) is 9.65. The first-order valence-corrected chi connectivity index (χ1v) is 12.2. The van der Waals surface area contributed by atoms with Gasteiger partial charge in [-0.2, -0.15) is 0 Å². The molecule has 2 heterocycles. The number of carbonyl (C=O) groups excluding carboxylic acids is 1. The fourth-order valence-electron chi connectivity index (χ4n) is 3.41. The van der Waals surface area contributed by atoms with Gasteiger partial charge in [-0.25, -0.2) is 0 Å². The van der Waals surface area contributed by atoms with E-state index >= 15 is 0 Å². The lowest BCUT2D eigenvalue weighted by molar-refractivity contribution is -0.384. The van der Waals surface area contributed by atoms with Crippen molar-refractivity contribution in [3.63, 3.8) is 0 Å². The van der Waals surface area contributed by atoms with Gasteiger partial charge in [-0.3, -0.25) is 14.9 Å². The molecule has 1 amide bonds. The molecular weight excluding hydrogens is 449 g/mol. The zero-order valence-electron chi connectivity index (χ0n) is 17.7. The Morgan fingerprint density at radius 2 is 1.82 bits per heavy atom. The highest BCUT2D eigenvalue weighted by molar-refractivity contribution is 7.59. The molecule has 3 aromatic rings. The Hall–Kier alpha value is -3.17. The minimum Gasteiger partial charge on any atom is -0.356 e. The summed E-state index contributed by atoms with van der Waals surface area (Å²) in [5, 5.41) is 17.5. The van der Waals surface area contributed by atoms with Crippen molar-refractivity contribution in [3.8, 4) is 11.3 Å². The number of aromatic nitrogens is 1. The predicted octanol–water partition coefficient (Wildman–Crippen LogP) is 4.51. The molecule has 0 spiro atoms. The van der Waals surface area contributed by atoms with Gasteiger partial charge in [0.05, 0.1) is 30.5 Å². The Morgan fingerprint density at radius 3 is 2.48 bits per heavy atom. The topological polar surface area (TPSA) is 137 Å². The van der Waals surface area contributed by atoms with E-state index in [0.717, 1.165) is 17.5 Å². The summed E-state index contributed by atoms with van der Waals surface area (Å²) in [4.78, 5) is 33.2. The molecule has 0 saturated carbocycles. The highest BCUT2D eigenvalue weighted by atomic mass is 31.2. The van der Waals surface area contributed by atoms with Crippen molar-refractivity contribution < 1.29 is 28.2 Å². The maximum atomic E-state index is 12.4. The highest BCUT2D eigenvalue weighted by Crippen LogP contribution is 2.61. The van der Waals surface area contributed by atoms with Crippen LogP contribution in [0.1, 0.15) is 24.0 Å². The molecule has 33 heavy (non-hydrogen) atoms. The van der Waals surface area contributed by atoms with Gasteiger partial charge >= 0.3 is 0 Å². The van der Waals surface area contributed by atoms with Gasteiger partial charge in [0.15, 0.2) is 5.76 Å². The monoisotopic (exact) mass is 472 g/mol. The van der Waals surface area contributed by atoms with Gasteiger partial charge < -0.3 is 23.8 Å². The third-order valence-corrected chi connectivity index (χ3v) is 7.04. The quantitative estimate of drug-likeness (QED) is 0.277. The number of nitrogens with one attached hydrogen (secondary N) is 1. The van der Waals surface area contributed by atoms with E-state index in [0.29, 0.717) is 42.8 Å². The van der Waals surface area contributed by atoms with Crippen LogP contribution in [0, 0.1) is 10.1 Å². The largest absolute Gasteiger partial charge is 0.356 e. The van der Waals surface area contributed by atoms with Crippen LogP contribution in [0.5, 0.6) is 0 Å². The maximum absolute atomic E-state index is 12.4. The average molecular weight is 472 g/mol. The van der Waals surface area contributed by atoms with Crippen molar-refractivity contribution in [2.24, 2.45) is 0 Å². The Morgan fingerprint density at radius 1 is 1.12 bits per heavy atom.